The van der Waals surface area contributed by atoms with Crippen molar-refractivity contribution in [2.24, 2.45) is 0 Å². The topological polar surface area (TPSA) is 84.2 Å². The Hall–Kier alpha value is -1.85. The van der Waals surface area contributed by atoms with Gasteiger partial charge in [0.05, 0.1) is 6.04 Å². The average Bonchev–Trinajstić information content (AvgIpc) is 3.03. The second kappa shape index (κ2) is 5.86. The average molecular weight is 265 g/mol. The quantitative estimate of drug-likeness (QED) is 0.846. The fraction of sp³-hybridized carbons (Fsp3) is 0.615. The number of carbonyl (C=O) groups is 2. The SMILES string of the molecule is CCC(NC(=O)c1ccnn1C1CCCC1)C(=O)O. The van der Waals surface area contributed by atoms with Gasteiger partial charge in [0.2, 0.25) is 0 Å². The second-order valence-corrected chi connectivity index (χ2v) is 4.87. The van der Waals surface area contributed by atoms with Crippen LogP contribution >= 0.6 is 0 Å². The van der Waals surface area contributed by atoms with Crippen molar-refractivity contribution in [3.8, 4) is 0 Å². The zero-order valence-corrected chi connectivity index (χ0v) is 11.0. The van der Waals surface area contributed by atoms with Gasteiger partial charge >= 0.3 is 5.97 Å². The molecular formula is C13H19N3O3. The van der Waals surface area contributed by atoms with Crippen LogP contribution in [0.25, 0.3) is 0 Å². The number of carboxylic acid groups (broad SMARTS) is 1. The summed E-state index contributed by atoms with van der Waals surface area (Å²) in [6.45, 7) is 1.73. The number of aromatic nitrogens is 2. The lowest BCUT2D eigenvalue weighted by Gasteiger charge is -2.16. The Labute approximate surface area is 111 Å². The lowest BCUT2D eigenvalue weighted by atomic mass is 10.2. The van der Waals surface area contributed by atoms with Crippen molar-refractivity contribution in [1.29, 1.82) is 0 Å². The fourth-order valence-corrected chi connectivity index (χ4v) is 2.50. The molecule has 1 aromatic heterocycles. The standard InChI is InChI=1S/C13H19N3O3/c1-2-10(13(18)19)15-12(17)11-7-8-14-16(11)9-5-3-4-6-9/h7-10H,2-6H2,1H3,(H,15,17)(H,18,19). The molecule has 6 nitrogen and oxygen atoms in total. The van der Waals surface area contributed by atoms with Crippen LogP contribution in [0.2, 0.25) is 0 Å². The Morgan fingerprint density at radius 1 is 1.53 bits per heavy atom. The fourth-order valence-electron chi connectivity index (χ4n) is 2.50. The molecule has 0 aliphatic heterocycles. The normalized spacial score (nSPS) is 17.3. The van der Waals surface area contributed by atoms with Gasteiger partial charge in [0, 0.05) is 6.20 Å². The molecule has 1 unspecified atom stereocenters. The largest absolute Gasteiger partial charge is 0.480 e. The van der Waals surface area contributed by atoms with Crippen molar-refractivity contribution in [2.45, 2.75) is 51.1 Å². The first-order valence-corrected chi connectivity index (χ1v) is 6.70. The maximum Gasteiger partial charge on any atom is 0.326 e. The summed E-state index contributed by atoms with van der Waals surface area (Å²) in [6, 6.07) is 1.06. The number of nitrogens with one attached hydrogen (secondary N) is 1. The molecule has 1 fully saturated rings. The maximum absolute atomic E-state index is 12.1. The molecule has 6 heteroatoms. The Kier molecular flexibility index (Phi) is 4.19. The van der Waals surface area contributed by atoms with Gasteiger partial charge in [-0.15, -0.1) is 0 Å². The predicted molar refractivity (Wildman–Crippen MR) is 68.9 cm³/mol. The monoisotopic (exact) mass is 265 g/mol. The van der Waals surface area contributed by atoms with E-state index in [0.717, 1.165) is 25.7 Å². The van der Waals surface area contributed by atoms with E-state index in [2.05, 4.69) is 10.4 Å². The van der Waals surface area contributed by atoms with Gasteiger partial charge < -0.3 is 10.4 Å². The molecular weight excluding hydrogens is 246 g/mol. The van der Waals surface area contributed by atoms with Gasteiger partial charge in [-0.1, -0.05) is 19.8 Å². The van der Waals surface area contributed by atoms with Crippen LogP contribution in [0.3, 0.4) is 0 Å². The van der Waals surface area contributed by atoms with E-state index in [-0.39, 0.29) is 11.9 Å². The van der Waals surface area contributed by atoms with Crippen LogP contribution in [0, 0.1) is 0 Å². The number of hydrogen-bond donors (Lipinski definition) is 2. The highest BCUT2D eigenvalue weighted by Crippen LogP contribution is 2.29. The number of aliphatic carboxylic acids is 1. The second-order valence-electron chi connectivity index (χ2n) is 4.87. The zero-order chi connectivity index (χ0) is 13.8. The van der Waals surface area contributed by atoms with E-state index in [0.29, 0.717) is 12.1 Å². The van der Waals surface area contributed by atoms with Crippen molar-refractivity contribution in [3.05, 3.63) is 18.0 Å². The number of amides is 1. The zero-order valence-electron chi connectivity index (χ0n) is 11.0. The van der Waals surface area contributed by atoms with E-state index < -0.39 is 12.0 Å². The van der Waals surface area contributed by atoms with Gasteiger partial charge in [-0.05, 0) is 25.3 Å². The highest BCUT2D eigenvalue weighted by Gasteiger charge is 2.25. The molecule has 1 aliphatic carbocycles. The first-order chi connectivity index (χ1) is 9.13. The van der Waals surface area contributed by atoms with Crippen LogP contribution in [-0.4, -0.2) is 32.8 Å². The Balaban J connectivity index is 2.11. The van der Waals surface area contributed by atoms with Crippen molar-refractivity contribution in [1.82, 2.24) is 15.1 Å². The number of hydrogen-bond acceptors (Lipinski definition) is 3. The van der Waals surface area contributed by atoms with Crippen molar-refractivity contribution in [2.75, 3.05) is 0 Å². The Morgan fingerprint density at radius 2 is 2.21 bits per heavy atom. The van der Waals surface area contributed by atoms with Crippen LogP contribution in [-0.2, 0) is 4.79 Å². The van der Waals surface area contributed by atoms with Gasteiger partial charge in [-0.25, -0.2) is 4.79 Å². The van der Waals surface area contributed by atoms with Crippen molar-refractivity contribution >= 4 is 11.9 Å². The summed E-state index contributed by atoms with van der Waals surface area (Å²) in [4.78, 5) is 23.1. The summed E-state index contributed by atoms with van der Waals surface area (Å²) < 4.78 is 1.73. The molecule has 1 atom stereocenters. The minimum atomic E-state index is -1.01. The molecule has 104 valence electrons. The van der Waals surface area contributed by atoms with E-state index in [1.807, 2.05) is 0 Å². The molecule has 1 aliphatic rings. The van der Waals surface area contributed by atoms with Gasteiger partial charge in [0.1, 0.15) is 11.7 Å². The Bertz CT molecular complexity index is 463. The summed E-state index contributed by atoms with van der Waals surface area (Å²) in [5.41, 5.74) is 0.451. The number of carboxylic acids is 1. The van der Waals surface area contributed by atoms with Crippen molar-refractivity contribution in [3.63, 3.8) is 0 Å². The van der Waals surface area contributed by atoms with Gasteiger partial charge in [0.15, 0.2) is 0 Å². The Morgan fingerprint density at radius 3 is 2.79 bits per heavy atom. The molecule has 19 heavy (non-hydrogen) atoms. The molecule has 0 aromatic carbocycles. The number of rotatable bonds is 5. The molecule has 0 spiro atoms. The molecule has 1 heterocycles. The molecule has 2 rings (SSSR count). The van der Waals surface area contributed by atoms with Crippen LogP contribution in [0.1, 0.15) is 55.6 Å². The van der Waals surface area contributed by atoms with Gasteiger partial charge in [-0.2, -0.15) is 5.10 Å². The molecule has 0 radical (unpaired) electrons. The van der Waals surface area contributed by atoms with E-state index in [1.54, 1.807) is 23.9 Å². The van der Waals surface area contributed by atoms with Crippen LogP contribution in [0.4, 0.5) is 0 Å². The van der Waals surface area contributed by atoms with E-state index in [9.17, 15) is 9.59 Å². The third-order valence-electron chi connectivity index (χ3n) is 3.59. The first-order valence-electron chi connectivity index (χ1n) is 6.70. The number of carbonyl (C=O) groups excluding carboxylic acids is 1. The highest BCUT2D eigenvalue weighted by molar-refractivity contribution is 5.95. The lowest BCUT2D eigenvalue weighted by molar-refractivity contribution is -0.139. The van der Waals surface area contributed by atoms with Gasteiger partial charge in [0.25, 0.3) is 5.91 Å². The number of nitrogens with zero attached hydrogens (tertiary/aromatic N) is 2. The molecule has 1 amide bonds. The van der Waals surface area contributed by atoms with Crippen molar-refractivity contribution < 1.29 is 14.7 Å². The molecule has 1 saturated carbocycles. The summed E-state index contributed by atoms with van der Waals surface area (Å²) >= 11 is 0. The summed E-state index contributed by atoms with van der Waals surface area (Å²) in [5.74, 6) is -1.37. The van der Waals surface area contributed by atoms with E-state index >= 15 is 0 Å². The predicted octanol–water partition coefficient (Wildman–Crippen LogP) is 1.59. The lowest BCUT2D eigenvalue weighted by Crippen LogP contribution is -2.41. The first kappa shape index (κ1) is 13.6. The molecule has 0 saturated heterocycles. The summed E-state index contributed by atoms with van der Waals surface area (Å²) in [7, 11) is 0. The smallest absolute Gasteiger partial charge is 0.326 e. The van der Waals surface area contributed by atoms with Crippen LogP contribution in [0.5, 0.6) is 0 Å². The highest BCUT2D eigenvalue weighted by atomic mass is 16.4. The molecule has 1 aromatic rings. The minimum absolute atomic E-state index is 0.264. The molecule has 0 bridgehead atoms. The molecule has 2 N–H and O–H groups in total. The minimum Gasteiger partial charge on any atom is -0.480 e. The summed E-state index contributed by atoms with van der Waals surface area (Å²) in [6.07, 6.45) is 6.31. The van der Waals surface area contributed by atoms with E-state index in [1.165, 1.54) is 0 Å². The maximum atomic E-state index is 12.1. The summed E-state index contributed by atoms with van der Waals surface area (Å²) in [5, 5.41) is 15.7. The van der Waals surface area contributed by atoms with E-state index in [4.69, 9.17) is 5.11 Å². The van der Waals surface area contributed by atoms with Crippen LogP contribution < -0.4 is 5.32 Å². The van der Waals surface area contributed by atoms with Crippen LogP contribution in [0.15, 0.2) is 12.3 Å². The van der Waals surface area contributed by atoms with Gasteiger partial charge in [-0.3, -0.25) is 9.48 Å². The third kappa shape index (κ3) is 2.94. The third-order valence-corrected chi connectivity index (χ3v) is 3.59.